The number of hydrogen-bond donors (Lipinski definition) is 2. The summed E-state index contributed by atoms with van der Waals surface area (Å²) in [5, 5.41) is 6.56. The maximum absolute atomic E-state index is 11.2. The van der Waals surface area contributed by atoms with Gasteiger partial charge in [0.15, 0.2) is 5.96 Å². The average Bonchev–Trinajstić information content (AvgIpc) is 2.52. The summed E-state index contributed by atoms with van der Waals surface area (Å²) < 4.78 is 10.3. The fourth-order valence-corrected chi connectivity index (χ4v) is 1.86. The van der Waals surface area contributed by atoms with Crippen LogP contribution >= 0.6 is 24.0 Å². The molecule has 144 valence electrons. The first-order valence-corrected chi connectivity index (χ1v) is 8.68. The molecule has 0 aromatic heterocycles. The number of unbranched alkanes of at least 4 members (excludes halogenated alkanes) is 3. The van der Waals surface area contributed by atoms with Crippen molar-refractivity contribution in [3.05, 3.63) is 0 Å². The number of rotatable bonds is 12. The molecule has 0 spiro atoms. The Morgan fingerprint density at radius 1 is 1.08 bits per heavy atom. The minimum Gasteiger partial charge on any atom is -0.466 e. The van der Waals surface area contributed by atoms with Crippen molar-refractivity contribution in [2.24, 2.45) is 4.99 Å². The molecule has 6 nitrogen and oxygen atoms in total. The molecule has 0 aliphatic heterocycles. The van der Waals surface area contributed by atoms with Crippen LogP contribution in [0.5, 0.6) is 0 Å². The monoisotopic (exact) mass is 457 g/mol. The lowest BCUT2D eigenvalue weighted by atomic mass is 10.1. The molecule has 0 heterocycles. The van der Waals surface area contributed by atoms with E-state index in [1.807, 2.05) is 27.7 Å². The van der Waals surface area contributed by atoms with Gasteiger partial charge in [-0.2, -0.15) is 0 Å². The van der Waals surface area contributed by atoms with E-state index < -0.39 is 0 Å². The summed E-state index contributed by atoms with van der Waals surface area (Å²) in [6.07, 6.45) is 4.62. The number of carbonyl (C=O) groups excluding carboxylic acids is 1. The van der Waals surface area contributed by atoms with Crippen molar-refractivity contribution in [1.82, 2.24) is 10.6 Å². The number of ether oxygens (including phenoxy) is 2. The second kappa shape index (κ2) is 15.9. The van der Waals surface area contributed by atoms with Gasteiger partial charge in [-0.25, -0.2) is 0 Å². The van der Waals surface area contributed by atoms with Crippen LogP contribution in [0.3, 0.4) is 0 Å². The zero-order chi connectivity index (χ0) is 17.6. The molecule has 0 rings (SSSR count). The summed E-state index contributed by atoms with van der Waals surface area (Å²) in [7, 11) is 1.70. The number of esters is 1. The van der Waals surface area contributed by atoms with Gasteiger partial charge in [-0.15, -0.1) is 24.0 Å². The maximum Gasteiger partial charge on any atom is 0.305 e. The lowest BCUT2D eigenvalue weighted by Gasteiger charge is -2.21. The van der Waals surface area contributed by atoms with Crippen LogP contribution < -0.4 is 10.6 Å². The highest BCUT2D eigenvalue weighted by atomic mass is 127. The molecule has 7 heteroatoms. The maximum atomic E-state index is 11.2. The van der Waals surface area contributed by atoms with Crippen molar-refractivity contribution < 1.29 is 14.3 Å². The number of methoxy groups -OCH3 is 1. The molecule has 0 saturated carbocycles. The largest absolute Gasteiger partial charge is 0.466 e. The van der Waals surface area contributed by atoms with E-state index >= 15 is 0 Å². The predicted octanol–water partition coefficient (Wildman–Crippen LogP) is 3.10. The van der Waals surface area contributed by atoms with E-state index in [4.69, 9.17) is 9.47 Å². The van der Waals surface area contributed by atoms with Gasteiger partial charge in [0.05, 0.1) is 18.8 Å². The zero-order valence-corrected chi connectivity index (χ0v) is 18.3. The molecule has 0 fully saturated rings. The van der Waals surface area contributed by atoms with Crippen LogP contribution in [0.1, 0.15) is 59.8 Å². The van der Waals surface area contributed by atoms with Gasteiger partial charge in [-0.05, 0) is 40.5 Å². The lowest BCUT2D eigenvalue weighted by Crippen LogP contribution is -2.39. The summed E-state index contributed by atoms with van der Waals surface area (Å²) in [5.41, 5.74) is -0.255. The zero-order valence-electron chi connectivity index (χ0n) is 15.9. The molecule has 0 unspecified atom stereocenters. The summed E-state index contributed by atoms with van der Waals surface area (Å²) in [4.78, 5) is 15.7. The van der Waals surface area contributed by atoms with E-state index in [2.05, 4.69) is 15.6 Å². The number of hydrogen-bond acceptors (Lipinski definition) is 4. The van der Waals surface area contributed by atoms with Crippen LogP contribution in [-0.4, -0.2) is 50.9 Å². The number of nitrogens with zero attached hydrogens (tertiary/aromatic N) is 1. The number of halogens is 1. The highest BCUT2D eigenvalue weighted by Gasteiger charge is 2.15. The predicted molar refractivity (Wildman–Crippen MR) is 110 cm³/mol. The number of aliphatic imine (C=N–C) groups is 1. The van der Waals surface area contributed by atoms with Gasteiger partial charge >= 0.3 is 5.97 Å². The van der Waals surface area contributed by atoms with Crippen molar-refractivity contribution >= 4 is 35.9 Å². The number of guanidine groups is 1. The second-order valence-corrected chi connectivity index (χ2v) is 6.05. The van der Waals surface area contributed by atoms with Gasteiger partial charge < -0.3 is 20.1 Å². The van der Waals surface area contributed by atoms with Crippen molar-refractivity contribution in [3.8, 4) is 0 Å². The molecule has 0 atom stereocenters. The van der Waals surface area contributed by atoms with E-state index in [1.54, 1.807) is 7.11 Å². The van der Waals surface area contributed by atoms with E-state index in [0.29, 0.717) is 19.6 Å². The Morgan fingerprint density at radius 2 is 1.75 bits per heavy atom. The molecule has 0 aliphatic rings. The van der Waals surface area contributed by atoms with Gasteiger partial charge in [-0.1, -0.05) is 12.8 Å². The first-order chi connectivity index (χ1) is 10.9. The number of carbonyl (C=O) groups is 1. The summed E-state index contributed by atoms with van der Waals surface area (Å²) in [6, 6.07) is 0. The van der Waals surface area contributed by atoms with Gasteiger partial charge in [0.2, 0.25) is 0 Å². The van der Waals surface area contributed by atoms with E-state index in [9.17, 15) is 4.79 Å². The second-order valence-electron chi connectivity index (χ2n) is 6.05. The fraction of sp³-hybridized carbons (Fsp3) is 0.882. The summed E-state index contributed by atoms with van der Waals surface area (Å²) >= 11 is 0. The average molecular weight is 457 g/mol. The Kier molecular flexibility index (Phi) is 17.0. The van der Waals surface area contributed by atoms with Crippen molar-refractivity contribution in [2.75, 3.05) is 33.4 Å². The van der Waals surface area contributed by atoms with E-state index in [0.717, 1.165) is 44.7 Å². The third-order valence-electron chi connectivity index (χ3n) is 3.42. The quantitative estimate of drug-likeness (QED) is 0.155. The minimum absolute atomic E-state index is 0. The standard InChI is InChI=1S/C17H35N3O3.HI/c1-6-18-16(20-14-17(3,4)22-5)19-13-11-9-8-10-12-15(21)23-7-2;/h6-14H2,1-5H3,(H2,18,19,20);1H. The molecule has 0 aromatic rings. The fourth-order valence-electron chi connectivity index (χ4n) is 1.86. The third-order valence-corrected chi connectivity index (χ3v) is 3.42. The normalized spacial score (nSPS) is 11.6. The van der Waals surface area contributed by atoms with Crippen molar-refractivity contribution in [3.63, 3.8) is 0 Å². The third kappa shape index (κ3) is 15.0. The van der Waals surface area contributed by atoms with Crippen LogP contribution in [0.25, 0.3) is 0 Å². The molecule has 0 radical (unpaired) electrons. The molecular formula is C17H36IN3O3. The Bertz CT molecular complexity index is 350. The molecule has 24 heavy (non-hydrogen) atoms. The Hall–Kier alpha value is -0.570. The first-order valence-electron chi connectivity index (χ1n) is 8.68. The lowest BCUT2D eigenvalue weighted by molar-refractivity contribution is -0.143. The Morgan fingerprint density at radius 3 is 2.33 bits per heavy atom. The van der Waals surface area contributed by atoms with Crippen LogP contribution in [0.4, 0.5) is 0 Å². The van der Waals surface area contributed by atoms with Crippen LogP contribution in [0.2, 0.25) is 0 Å². The molecule has 0 saturated heterocycles. The van der Waals surface area contributed by atoms with Crippen molar-refractivity contribution in [1.29, 1.82) is 0 Å². The smallest absolute Gasteiger partial charge is 0.305 e. The summed E-state index contributed by atoms with van der Waals surface area (Å²) in [5.74, 6) is 0.733. The van der Waals surface area contributed by atoms with Crippen LogP contribution in [-0.2, 0) is 14.3 Å². The van der Waals surface area contributed by atoms with Gasteiger partial charge in [-0.3, -0.25) is 9.79 Å². The van der Waals surface area contributed by atoms with E-state index in [-0.39, 0.29) is 35.5 Å². The van der Waals surface area contributed by atoms with Gasteiger partial charge in [0.25, 0.3) is 0 Å². The molecular weight excluding hydrogens is 421 g/mol. The van der Waals surface area contributed by atoms with E-state index in [1.165, 1.54) is 0 Å². The van der Waals surface area contributed by atoms with Gasteiger partial charge in [0.1, 0.15) is 0 Å². The Labute approximate surface area is 164 Å². The summed E-state index contributed by atoms with van der Waals surface area (Å²) in [6.45, 7) is 10.7. The highest BCUT2D eigenvalue weighted by molar-refractivity contribution is 14.0. The van der Waals surface area contributed by atoms with Crippen LogP contribution in [0.15, 0.2) is 4.99 Å². The SMILES string of the molecule is CCNC(=NCC(C)(C)OC)NCCCCCCC(=O)OCC.I. The molecule has 0 aromatic carbocycles. The Balaban J connectivity index is 0. The highest BCUT2D eigenvalue weighted by Crippen LogP contribution is 2.07. The minimum atomic E-state index is -0.255. The molecule has 0 bridgehead atoms. The topological polar surface area (TPSA) is 72.0 Å². The molecule has 2 N–H and O–H groups in total. The van der Waals surface area contributed by atoms with Crippen LogP contribution in [0, 0.1) is 0 Å². The van der Waals surface area contributed by atoms with Crippen molar-refractivity contribution in [2.45, 2.75) is 65.4 Å². The molecule has 0 amide bonds. The molecule has 0 aliphatic carbocycles. The van der Waals surface area contributed by atoms with Gasteiger partial charge in [0, 0.05) is 26.6 Å². The first kappa shape index (κ1) is 25.7. The number of nitrogens with one attached hydrogen (secondary N) is 2.